The van der Waals surface area contributed by atoms with E-state index in [-0.39, 0.29) is 10.9 Å². The molecule has 116 valence electrons. The maximum absolute atomic E-state index is 11.9. The standard InChI is InChI=1S/C14H21N3O3S/c1-21(19,20)14-5-3-12(10-16-14)17-13(18)4-2-11-6-8-15-9-7-11/h3,5,10-11,15H,2,4,6-9H2,1H3,(H,17,18). The molecule has 1 aromatic rings. The van der Waals surface area contributed by atoms with Crippen molar-refractivity contribution in [1.29, 1.82) is 0 Å². The molecule has 1 fully saturated rings. The number of rotatable bonds is 5. The molecular weight excluding hydrogens is 290 g/mol. The number of anilines is 1. The van der Waals surface area contributed by atoms with E-state index in [4.69, 9.17) is 0 Å². The van der Waals surface area contributed by atoms with Crippen molar-refractivity contribution >= 4 is 21.4 Å². The van der Waals surface area contributed by atoms with Crippen LogP contribution in [0.4, 0.5) is 5.69 Å². The fraction of sp³-hybridized carbons (Fsp3) is 0.571. The molecule has 6 nitrogen and oxygen atoms in total. The molecule has 0 spiro atoms. The van der Waals surface area contributed by atoms with Crippen molar-refractivity contribution in [2.75, 3.05) is 24.7 Å². The number of sulfone groups is 1. The lowest BCUT2D eigenvalue weighted by atomic mass is 9.93. The van der Waals surface area contributed by atoms with E-state index in [2.05, 4.69) is 15.6 Å². The van der Waals surface area contributed by atoms with E-state index in [0.717, 1.165) is 38.6 Å². The summed E-state index contributed by atoms with van der Waals surface area (Å²) in [7, 11) is -3.30. The molecule has 21 heavy (non-hydrogen) atoms. The van der Waals surface area contributed by atoms with Crippen LogP contribution in [0.1, 0.15) is 25.7 Å². The van der Waals surface area contributed by atoms with Gasteiger partial charge in [0.1, 0.15) is 0 Å². The molecular formula is C14H21N3O3S. The second kappa shape index (κ2) is 7.00. The first-order chi connectivity index (χ1) is 9.95. The number of aromatic nitrogens is 1. The average Bonchev–Trinajstić information content (AvgIpc) is 2.46. The first-order valence-electron chi connectivity index (χ1n) is 7.12. The number of piperidine rings is 1. The predicted octanol–water partition coefficient (Wildman–Crippen LogP) is 1.20. The van der Waals surface area contributed by atoms with E-state index >= 15 is 0 Å². The largest absolute Gasteiger partial charge is 0.325 e. The zero-order chi connectivity index (χ0) is 15.3. The van der Waals surface area contributed by atoms with Crippen molar-refractivity contribution in [1.82, 2.24) is 10.3 Å². The van der Waals surface area contributed by atoms with E-state index in [1.165, 1.54) is 12.3 Å². The lowest BCUT2D eigenvalue weighted by Gasteiger charge is -2.22. The molecule has 1 aliphatic heterocycles. The summed E-state index contributed by atoms with van der Waals surface area (Å²) in [5.74, 6) is 0.560. The number of carbonyl (C=O) groups excluding carboxylic acids is 1. The minimum Gasteiger partial charge on any atom is -0.325 e. The molecule has 0 radical (unpaired) electrons. The van der Waals surface area contributed by atoms with Gasteiger partial charge in [-0.3, -0.25) is 4.79 Å². The van der Waals surface area contributed by atoms with Crippen LogP contribution < -0.4 is 10.6 Å². The van der Waals surface area contributed by atoms with Crippen molar-refractivity contribution in [2.45, 2.75) is 30.7 Å². The first kappa shape index (κ1) is 15.9. The second-order valence-electron chi connectivity index (χ2n) is 5.44. The summed E-state index contributed by atoms with van der Waals surface area (Å²) in [6.07, 6.45) is 6.10. The van der Waals surface area contributed by atoms with Gasteiger partial charge in [0.25, 0.3) is 0 Å². The van der Waals surface area contributed by atoms with Crippen LogP contribution in [0.15, 0.2) is 23.4 Å². The van der Waals surface area contributed by atoms with E-state index in [9.17, 15) is 13.2 Å². The Morgan fingerprint density at radius 3 is 2.67 bits per heavy atom. The highest BCUT2D eigenvalue weighted by Gasteiger charge is 2.15. The van der Waals surface area contributed by atoms with Gasteiger partial charge < -0.3 is 10.6 Å². The van der Waals surface area contributed by atoms with Crippen LogP contribution in [-0.4, -0.2) is 38.7 Å². The van der Waals surface area contributed by atoms with Gasteiger partial charge in [-0.25, -0.2) is 13.4 Å². The first-order valence-corrected chi connectivity index (χ1v) is 9.01. The second-order valence-corrected chi connectivity index (χ2v) is 7.40. The molecule has 0 bridgehead atoms. The Morgan fingerprint density at radius 1 is 1.38 bits per heavy atom. The molecule has 1 saturated heterocycles. The van der Waals surface area contributed by atoms with Gasteiger partial charge in [-0.2, -0.15) is 0 Å². The molecule has 2 heterocycles. The Hall–Kier alpha value is -1.47. The van der Waals surface area contributed by atoms with Crippen molar-refractivity contribution in [3.63, 3.8) is 0 Å². The summed E-state index contributed by atoms with van der Waals surface area (Å²) >= 11 is 0. The number of hydrogen-bond acceptors (Lipinski definition) is 5. The molecule has 2 rings (SSSR count). The summed E-state index contributed by atoms with van der Waals surface area (Å²) < 4.78 is 22.6. The van der Waals surface area contributed by atoms with Crippen LogP contribution in [0.2, 0.25) is 0 Å². The molecule has 0 saturated carbocycles. The van der Waals surface area contributed by atoms with Gasteiger partial charge >= 0.3 is 0 Å². The summed E-state index contributed by atoms with van der Waals surface area (Å²) in [4.78, 5) is 15.7. The Bertz CT molecular complexity index is 578. The normalized spacial score (nSPS) is 16.6. The zero-order valence-corrected chi connectivity index (χ0v) is 12.9. The number of nitrogens with one attached hydrogen (secondary N) is 2. The van der Waals surface area contributed by atoms with Gasteiger partial charge in [0.05, 0.1) is 11.9 Å². The highest BCUT2D eigenvalue weighted by atomic mass is 32.2. The van der Waals surface area contributed by atoms with E-state index in [0.29, 0.717) is 18.0 Å². The maximum atomic E-state index is 11.9. The fourth-order valence-corrected chi connectivity index (χ4v) is 2.96. The van der Waals surface area contributed by atoms with E-state index in [1.54, 1.807) is 6.07 Å². The van der Waals surface area contributed by atoms with Gasteiger partial charge in [-0.05, 0) is 50.4 Å². The Morgan fingerprint density at radius 2 is 2.10 bits per heavy atom. The molecule has 0 atom stereocenters. The molecule has 0 unspecified atom stereocenters. The molecule has 0 aromatic carbocycles. The van der Waals surface area contributed by atoms with Crippen LogP contribution in [0.5, 0.6) is 0 Å². The van der Waals surface area contributed by atoms with Crippen LogP contribution in [-0.2, 0) is 14.6 Å². The quantitative estimate of drug-likeness (QED) is 0.853. The van der Waals surface area contributed by atoms with Crippen molar-refractivity contribution in [2.24, 2.45) is 5.92 Å². The number of amides is 1. The Balaban J connectivity index is 1.82. The molecule has 1 aromatic heterocycles. The van der Waals surface area contributed by atoms with Gasteiger partial charge in [0.2, 0.25) is 5.91 Å². The fourth-order valence-electron chi connectivity index (χ4n) is 2.40. The summed E-state index contributed by atoms with van der Waals surface area (Å²) in [6.45, 7) is 2.06. The monoisotopic (exact) mass is 311 g/mol. The number of hydrogen-bond donors (Lipinski definition) is 2. The number of pyridine rings is 1. The third-order valence-electron chi connectivity index (χ3n) is 3.64. The van der Waals surface area contributed by atoms with Gasteiger partial charge in [0, 0.05) is 12.7 Å². The highest BCUT2D eigenvalue weighted by Crippen LogP contribution is 2.18. The SMILES string of the molecule is CS(=O)(=O)c1ccc(NC(=O)CCC2CCNCC2)cn1. The topological polar surface area (TPSA) is 88.2 Å². The Kier molecular flexibility index (Phi) is 5.30. The molecule has 7 heteroatoms. The minimum absolute atomic E-state index is 0.00945. The summed E-state index contributed by atoms with van der Waals surface area (Å²) in [6, 6.07) is 2.96. The molecule has 2 N–H and O–H groups in total. The van der Waals surface area contributed by atoms with Crippen LogP contribution in [0, 0.1) is 5.92 Å². The number of carbonyl (C=O) groups is 1. The third-order valence-corrected chi connectivity index (χ3v) is 4.64. The molecule has 1 amide bonds. The lowest BCUT2D eigenvalue weighted by Crippen LogP contribution is -2.28. The van der Waals surface area contributed by atoms with Crippen molar-refractivity contribution < 1.29 is 13.2 Å². The van der Waals surface area contributed by atoms with Gasteiger partial charge in [0.15, 0.2) is 14.9 Å². The Labute approximate surface area is 125 Å². The summed E-state index contributed by atoms with van der Waals surface area (Å²) in [5.41, 5.74) is 0.526. The van der Waals surface area contributed by atoms with Crippen LogP contribution >= 0.6 is 0 Å². The minimum atomic E-state index is -3.30. The number of nitrogens with zero attached hydrogens (tertiary/aromatic N) is 1. The van der Waals surface area contributed by atoms with E-state index in [1.807, 2.05) is 0 Å². The lowest BCUT2D eigenvalue weighted by molar-refractivity contribution is -0.116. The maximum Gasteiger partial charge on any atom is 0.224 e. The smallest absolute Gasteiger partial charge is 0.224 e. The van der Waals surface area contributed by atoms with Crippen LogP contribution in [0.25, 0.3) is 0 Å². The third kappa shape index (κ3) is 5.09. The van der Waals surface area contributed by atoms with Crippen LogP contribution in [0.3, 0.4) is 0 Å². The van der Waals surface area contributed by atoms with E-state index < -0.39 is 9.84 Å². The predicted molar refractivity (Wildman–Crippen MR) is 80.8 cm³/mol. The average molecular weight is 311 g/mol. The van der Waals surface area contributed by atoms with Crippen molar-refractivity contribution in [3.8, 4) is 0 Å². The summed E-state index contributed by atoms with van der Waals surface area (Å²) in [5, 5.41) is 6.06. The van der Waals surface area contributed by atoms with Gasteiger partial charge in [-0.1, -0.05) is 0 Å². The van der Waals surface area contributed by atoms with Crippen molar-refractivity contribution in [3.05, 3.63) is 18.3 Å². The highest BCUT2D eigenvalue weighted by molar-refractivity contribution is 7.90. The van der Waals surface area contributed by atoms with Gasteiger partial charge in [-0.15, -0.1) is 0 Å². The molecule has 1 aliphatic rings. The zero-order valence-electron chi connectivity index (χ0n) is 12.1. The molecule has 0 aliphatic carbocycles.